The lowest BCUT2D eigenvalue weighted by atomic mass is 9.49. The van der Waals surface area contributed by atoms with E-state index in [0.29, 0.717) is 13.2 Å². The fourth-order valence-corrected chi connectivity index (χ4v) is 10.1. The van der Waals surface area contributed by atoms with E-state index in [0.717, 1.165) is 70.0 Å². The fourth-order valence-electron chi connectivity index (χ4n) is 10.1. The predicted molar refractivity (Wildman–Crippen MR) is 164 cm³/mol. The van der Waals surface area contributed by atoms with Gasteiger partial charge in [0.2, 0.25) is 11.8 Å². The summed E-state index contributed by atoms with van der Waals surface area (Å²) in [4.78, 5) is 28.6. The van der Waals surface area contributed by atoms with E-state index in [-0.39, 0.29) is 40.2 Å². The normalized spacial score (nSPS) is 35.2. The van der Waals surface area contributed by atoms with Gasteiger partial charge in [0.1, 0.15) is 18.1 Å². The number of aryl methyl sites for hydroxylation is 2. The molecule has 2 aromatic rings. The van der Waals surface area contributed by atoms with Gasteiger partial charge in [0.05, 0.1) is 10.8 Å². The monoisotopic (exact) mass is 572 g/mol. The predicted octanol–water partition coefficient (Wildman–Crippen LogP) is 6.09. The van der Waals surface area contributed by atoms with Crippen molar-refractivity contribution in [3.05, 3.63) is 58.7 Å². The molecule has 0 aliphatic heterocycles. The molecule has 4 aliphatic carbocycles. The summed E-state index contributed by atoms with van der Waals surface area (Å²) in [6.07, 6.45) is 9.09. The lowest BCUT2D eigenvalue weighted by Gasteiger charge is -2.56. The number of nitrogens with one attached hydrogen (secondary N) is 1. The number of phenols is 1. The molecule has 0 saturated heterocycles. The zero-order valence-electron chi connectivity index (χ0n) is 25.9. The van der Waals surface area contributed by atoms with E-state index in [1.807, 2.05) is 18.2 Å². The lowest BCUT2D eigenvalue weighted by Crippen LogP contribution is -2.60. The van der Waals surface area contributed by atoms with Crippen LogP contribution in [0.15, 0.2) is 36.4 Å². The third-order valence-corrected chi connectivity index (χ3v) is 12.3. The van der Waals surface area contributed by atoms with Gasteiger partial charge < -0.3 is 15.6 Å². The van der Waals surface area contributed by atoms with E-state index in [2.05, 4.69) is 45.1 Å². The number of carbonyl (C=O) groups excluding carboxylic acids is 2. The van der Waals surface area contributed by atoms with Crippen molar-refractivity contribution in [2.24, 2.45) is 28.4 Å². The summed E-state index contributed by atoms with van der Waals surface area (Å²) in [5, 5.41) is 13.4. The van der Waals surface area contributed by atoms with Crippen LogP contribution in [0, 0.1) is 22.7 Å². The number of nitrogens with two attached hydrogens (primary N) is 1. The van der Waals surface area contributed by atoms with E-state index in [9.17, 15) is 14.7 Å². The molecule has 0 radical (unpaired) electrons. The summed E-state index contributed by atoms with van der Waals surface area (Å²) in [5.41, 5.74) is 9.12. The second-order valence-corrected chi connectivity index (χ2v) is 14.6. The van der Waals surface area contributed by atoms with E-state index in [1.165, 1.54) is 22.3 Å². The second-order valence-electron chi connectivity index (χ2n) is 14.6. The van der Waals surface area contributed by atoms with Crippen LogP contribution in [0.1, 0.15) is 101 Å². The van der Waals surface area contributed by atoms with Crippen molar-refractivity contribution >= 4 is 11.8 Å². The first-order valence-electron chi connectivity index (χ1n) is 16.1. The molecule has 0 heterocycles. The maximum atomic E-state index is 14.3. The van der Waals surface area contributed by atoms with Crippen LogP contribution in [-0.2, 0) is 33.3 Å². The van der Waals surface area contributed by atoms with Crippen LogP contribution >= 0.6 is 0 Å². The third kappa shape index (κ3) is 4.39. The van der Waals surface area contributed by atoms with Gasteiger partial charge in [0.15, 0.2) is 0 Å². The van der Waals surface area contributed by atoms with Gasteiger partial charge >= 0.3 is 0 Å². The molecule has 4 aliphatic rings. The molecule has 0 aromatic heterocycles. The molecule has 2 saturated carbocycles. The molecule has 6 nitrogen and oxygen atoms in total. The molecule has 2 aromatic carbocycles. The van der Waals surface area contributed by atoms with Crippen LogP contribution < -0.4 is 15.8 Å². The Morgan fingerprint density at radius 3 is 1.90 bits per heavy atom. The molecule has 0 unspecified atom stereocenters. The molecule has 226 valence electrons. The van der Waals surface area contributed by atoms with Gasteiger partial charge in [-0.25, -0.2) is 0 Å². The van der Waals surface area contributed by atoms with Crippen molar-refractivity contribution in [2.45, 2.75) is 103 Å². The SMILES string of the molecule is C[C@]1(C(=O)NC(=O)[C@@]2(C)CCC[C@]3(C)c4cc(OCCN)ccc4CC[C@@H]23)CCC[C@]2(C)c3cc(O)ccc3CC[C@@H]12. The average Bonchev–Trinajstić information content (AvgIpc) is 2.96. The average molecular weight is 573 g/mol. The molecule has 6 atom stereocenters. The Morgan fingerprint density at radius 2 is 1.36 bits per heavy atom. The Hall–Kier alpha value is -2.86. The zero-order valence-corrected chi connectivity index (χ0v) is 25.9. The second kappa shape index (κ2) is 10.4. The highest BCUT2D eigenvalue weighted by atomic mass is 16.5. The first-order valence-corrected chi connectivity index (χ1v) is 16.1. The molecule has 2 amide bonds. The largest absolute Gasteiger partial charge is 0.508 e. The van der Waals surface area contributed by atoms with Crippen LogP contribution in [0.2, 0.25) is 0 Å². The van der Waals surface area contributed by atoms with Crippen LogP contribution in [0.3, 0.4) is 0 Å². The Labute approximate surface area is 250 Å². The van der Waals surface area contributed by atoms with Crippen LogP contribution in [0.4, 0.5) is 0 Å². The van der Waals surface area contributed by atoms with E-state index >= 15 is 0 Å². The van der Waals surface area contributed by atoms with Gasteiger partial charge in [-0.2, -0.15) is 0 Å². The standard InChI is InChI=1S/C36H48N2O4/c1-33-15-5-17-35(3,29(33)13-9-23-7-11-25(39)21-27(23)33)31(40)38-32(41)36(4)18-6-16-34(2)28-22-26(42-20-19-37)12-8-24(28)10-14-30(34)36/h7-8,11-12,21-22,29-30,39H,5-6,9-10,13-20,37H2,1-4H3,(H,38,40,41)/t29-,30-,33-,34-,35+,36+/m1/s1. The lowest BCUT2D eigenvalue weighted by molar-refractivity contribution is -0.150. The van der Waals surface area contributed by atoms with Gasteiger partial charge in [-0.3, -0.25) is 14.9 Å². The number of ether oxygens (including phenoxy) is 1. The molecular formula is C36H48N2O4. The number of amides is 2. The summed E-state index contributed by atoms with van der Waals surface area (Å²) in [6.45, 7) is 9.71. The molecule has 0 bridgehead atoms. The van der Waals surface area contributed by atoms with Gasteiger partial charge in [0.25, 0.3) is 0 Å². The van der Waals surface area contributed by atoms with E-state index in [1.54, 1.807) is 6.07 Å². The quantitative estimate of drug-likeness (QED) is 0.376. The minimum atomic E-state index is -0.644. The Bertz CT molecular complexity index is 1400. The molecule has 6 heteroatoms. The molecule has 6 rings (SSSR count). The molecule has 2 fully saturated rings. The van der Waals surface area contributed by atoms with Crippen molar-refractivity contribution in [3.63, 3.8) is 0 Å². The van der Waals surface area contributed by atoms with Crippen molar-refractivity contribution in [2.75, 3.05) is 13.2 Å². The zero-order chi connectivity index (χ0) is 29.9. The van der Waals surface area contributed by atoms with Crippen molar-refractivity contribution < 1.29 is 19.4 Å². The highest BCUT2D eigenvalue weighted by Crippen LogP contribution is 2.59. The Balaban J connectivity index is 1.26. The highest BCUT2D eigenvalue weighted by Gasteiger charge is 2.58. The summed E-state index contributed by atoms with van der Waals surface area (Å²) in [7, 11) is 0. The fraction of sp³-hybridized carbons (Fsp3) is 0.611. The number of benzene rings is 2. The van der Waals surface area contributed by atoms with Crippen LogP contribution in [0.25, 0.3) is 0 Å². The summed E-state index contributed by atoms with van der Waals surface area (Å²) >= 11 is 0. The summed E-state index contributed by atoms with van der Waals surface area (Å²) in [6, 6.07) is 12.1. The van der Waals surface area contributed by atoms with Crippen molar-refractivity contribution in [3.8, 4) is 11.5 Å². The van der Waals surface area contributed by atoms with Gasteiger partial charge in [-0.15, -0.1) is 0 Å². The van der Waals surface area contributed by atoms with E-state index in [4.69, 9.17) is 10.5 Å². The smallest absolute Gasteiger partial charge is 0.232 e. The first-order chi connectivity index (χ1) is 20.0. The minimum Gasteiger partial charge on any atom is -0.508 e. The number of fused-ring (bicyclic) bond motifs is 6. The number of phenolic OH excluding ortho intramolecular Hbond substituents is 1. The summed E-state index contributed by atoms with van der Waals surface area (Å²) in [5.74, 6) is 1.14. The molecule has 0 spiro atoms. The number of rotatable bonds is 5. The van der Waals surface area contributed by atoms with Crippen molar-refractivity contribution in [1.82, 2.24) is 5.32 Å². The van der Waals surface area contributed by atoms with E-state index < -0.39 is 10.8 Å². The number of hydrogen-bond donors (Lipinski definition) is 3. The maximum Gasteiger partial charge on any atom is 0.232 e. The van der Waals surface area contributed by atoms with Gasteiger partial charge in [-0.05, 0) is 121 Å². The Morgan fingerprint density at radius 1 is 0.833 bits per heavy atom. The van der Waals surface area contributed by atoms with Crippen LogP contribution in [0.5, 0.6) is 11.5 Å². The van der Waals surface area contributed by atoms with Crippen LogP contribution in [-0.4, -0.2) is 30.1 Å². The minimum absolute atomic E-state index is 0.107. The highest BCUT2D eigenvalue weighted by molar-refractivity contribution is 6.00. The summed E-state index contributed by atoms with van der Waals surface area (Å²) < 4.78 is 5.89. The first kappa shape index (κ1) is 29.2. The topological polar surface area (TPSA) is 102 Å². The number of imide groups is 1. The molecular weight excluding hydrogens is 524 g/mol. The number of hydrogen-bond acceptors (Lipinski definition) is 5. The molecule has 42 heavy (non-hydrogen) atoms. The van der Waals surface area contributed by atoms with Crippen molar-refractivity contribution in [1.29, 1.82) is 0 Å². The number of aromatic hydroxyl groups is 1. The maximum absolute atomic E-state index is 14.3. The van der Waals surface area contributed by atoms with Gasteiger partial charge in [-0.1, -0.05) is 52.7 Å². The van der Waals surface area contributed by atoms with Gasteiger partial charge in [0, 0.05) is 6.54 Å². The Kier molecular flexibility index (Phi) is 7.23. The number of carbonyl (C=O) groups is 2. The molecule has 4 N–H and O–H groups in total. The third-order valence-electron chi connectivity index (χ3n) is 12.3.